The molecular weight excluding hydrogens is 396 g/mol. The minimum absolute atomic E-state index is 0.0309. The second-order valence-corrected chi connectivity index (χ2v) is 7.67. The lowest BCUT2D eigenvalue weighted by Crippen LogP contribution is -2.28. The van der Waals surface area contributed by atoms with Crippen LogP contribution in [0.4, 0.5) is 5.69 Å². The first-order chi connectivity index (χ1) is 13.7. The van der Waals surface area contributed by atoms with Crippen LogP contribution in [0.1, 0.15) is 28.9 Å². The Bertz CT molecular complexity index is 1010. The molecule has 152 valence electrons. The van der Waals surface area contributed by atoms with Gasteiger partial charge in [-0.25, -0.2) is 13.2 Å². The standard InChI is InChI=1S/C20H20N2O6S/c1-3-12-21-19(24)13-28-20(25)16-4-8-17(9-5-16)22-29(26,27)18-10-6-15(7-11-18)14(2)23/h1,4-11,14,22-23H,12-13H2,2H3,(H,21,24)/t14-/m1/s1. The minimum Gasteiger partial charge on any atom is -0.452 e. The number of aliphatic hydroxyl groups excluding tert-OH is 1. The van der Waals surface area contributed by atoms with Gasteiger partial charge in [-0.1, -0.05) is 18.1 Å². The highest BCUT2D eigenvalue weighted by molar-refractivity contribution is 7.92. The normalized spacial score (nSPS) is 11.8. The van der Waals surface area contributed by atoms with Gasteiger partial charge in [0.25, 0.3) is 15.9 Å². The van der Waals surface area contributed by atoms with Gasteiger partial charge in [0.15, 0.2) is 6.61 Å². The largest absolute Gasteiger partial charge is 0.452 e. The first-order valence-corrected chi connectivity index (χ1v) is 9.99. The number of ether oxygens (including phenoxy) is 1. The Kier molecular flexibility index (Phi) is 7.36. The maximum Gasteiger partial charge on any atom is 0.338 e. The van der Waals surface area contributed by atoms with E-state index >= 15 is 0 Å². The van der Waals surface area contributed by atoms with Crippen molar-refractivity contribution >= 4 is 27.6 Å². The highest BCUT2D eigenvalue weighted by Gasteiger charge is 2.16. The van der Waals surface area contributed by atoms with Gasteiger partial charge in [-0.2, -0.15) is 0 Å². The molecule has 2 aromatic rings. The number of carbonyl (C=O) groups excluding carboxylic acids is 2. The average Bonchev–Trinajstić information content (AvgIpc) is 2.70. The predicted molar refractivity (Wildman–Crippen MR) is 106 cm³/mol. The topological polar surface area (TPSA) is 122 Å². The molecule has 9 heteroatoms. The molecule has 0 spiro atoms. The molecule has 0 aromatic heterocycles. The van der Waals surface area contributed by atoms with E-state index in [4.69, 9.17) is 11.2 Å². The fraction of sp³-hybridized carbons (Fsp3) is 0.200. The molecule has 0 aliphatic carbocycles. The van der Waals surface area contributed by atoms with Crippen molar-refractivity contribution < 1.29 is 27.9 Å². The maximum absolute atomic E-state index is 12.4. The summed E-state index contributed by atoms with van der Waals surface area (Å²) in [6.07, 6.45) is 4.31. The van der Waals surface area contributed by atoms with Crippen LogP contribution in [-0.2, 0) is 19.6 Å². The van der Waals surface area contributed by atoms with Gasteiger partial charge in [0.05, 0.1) is 23.1 Å². The number of rotatable bonds is 8. The number of nitrogens with one attached hydrogen (secondary N) is 2. The molecule has 3 N–H and O–H groups in total. The van der Waals surface area contributed by atoms with Gasteiger partial charge < -0.3 is 15.2 Å². The minimum atomic E-state index is -3.84. The molecule has 0 heterocycles. The third kappa shape index (κ3) is 6.34. The SMILES string of the molecule is C#CCNC(=O)COC(=O)c1ccc(NS(=O)(=O)c2ccc([C@@H](C)O)cc2)cc1. The van der Waals surface area contributed by atoms with Crippen LogP contribution in [0.2, 0.25) is 0 Å². The van der Waals surface area contributed by atoms with Crippen molar-refractivity contribution in [3.8, 4) is 12.3 Å². The van der Waals surface area contributed by atoms with Crippen LogP contribution in [0.15, 0.2) is 53.4 Å². The molecule has 1 atom stereocenters. The van der Waals surface area contributed by atoms with E-state index in [1.807, 2.05) is 0 Å². The number of benzene rings is 2. The van der Waals surface area contributed by atoms with Crippen LogP contribution in [-0.4, -0.2) is 38.6 Å². The molecule has 0 saturated carbocycles. The predicted octanol–water partition coefficient (Wildman–Crippen LogP) is 1.45. The molecule has 0 saturated heterocycles. The number of anilines is 1. The number of aliphatic hydroxyl groups is 1. The lowest BCUT2D eigenvalue weighted by atomic mass is 10.1. The number of amides is 1. The molecule has 2 rings (SSSR count). The van der Waals surface area contributed by atoms with Crippen molar-refractivity contribution in [3.05, 3.63) is 59.7 Å². The molecule has 0 aliphatic rings. The number of esters is 1. The number of terminal acetylenes is 1. The highest BCUT2D eigenvalue weighted by atomic mass is 32.2. The molecule has 29 heavy (non-hydrogen) atoms. The third-order valence-corrected chi connectivity index (χ3v) is 5.16. The summed E-state index contributed by atoms with van der Waals surface area (Å²) in [5.74, 6) is 0.964. The Hall–Kier alpha value is -3.35. The second kappa shape index (κ2) is 9.73. The molecule has 0 fully saturated rings. The Balaban J connectivity index is 1.99. The molecule has 2 aromatic carbocycles. The van der Waals surface area contributed by atoms with E-state index in [1.165, 1.54) is 48.5 Å². The first kappa shape index (κ1) is 21.9. The summed E-state index contributed by atoms with van der Waals surface area (Å²) in [6.45, 7) is 1.14. The second-order valence-electron chi connectivity index (χ2n) is 5.98. The smallest absolute Gasteiger partial charge is 0.338 e. The summed E-state index contributed by atoms with van der Waals surface area (Å²) >= 11 is 0. The van der Waals surface area contributed by atoms with Crippen molar-refractivity contribution in [3.63, 3.8) is 0 Å². The number of carbonyl (C=O) groups is 2. The molecule has 8 nitrogen and oxygen atoms in total. The summed E-state index contributed by atoms with van der Waals surface area (Å²) in [5.41, 5.74) is 0.992. The Morgan fingerprint density at radius 1 is 1.14 bits per heavy atom. The summed E-state index contributed by atoms with van der Waals surface area (Å²) in [4.78, 5) is 23.3. The lowest BCUT2D eigenvalue weighted by molar-refractivity contribution is -0.123. The van der Waals surface area contributed by atoms with E-state index in [0.717, 1.165) is 0 Å². The van der Waals surface area contributed by atoms with Crippen molar-refractivity contribution in [2.75, 3.05) is 17.9 Å². The third-order valence-electron chi connectivity index (χ3n) is 3.77. The van der Waals surface area contributed by atoms with Crippen LogP contribution in [0.25, 0.3) is 0 Å². The van der Waals surface area contributed by atoms with Crippen LogP contribution in [0.3, 0.4) is 0 Å². The van der Waals surface area contributed by atoms with Crippen LogP contribution >= 0.6 is 0 Å². The summed E-state index contributed by atoms with van der Waals surface area (Å²) in [7, 11) is -3.84. The van der Waals surface area contributed by atoms with Gasteiger partial charge >= 0.3 is 5.97 Å². The highest BCUT2D eigenvalue weighted by Crippen LogP contribution is 2.19. The van der Waals surface area contributed by atoms with E-state index in [-0.39, 0.29) is 22.7 Å². The average molecular weight is 416 g/mol. The quantitative estimate of drug-likeness (QED) is 0.442. The molecule has 0 bridgehead atoms. The molecular formula is C20H20N2O6S. The van der Waals surface area contributed by atoms with E-state index in [0.29, 0.717) is 5.56 Å². The zero-order valence-electron chi connectivity index (χ0n) is 15.6. The fourth-order valence-electron chi connectivity index (χ4n) is 2.23. The first-order valence-electron chi connectivity index (χ1n) is 8.51. The molecule has 0 aliphatic heterocycles. The van der Waals surface area contributed by atoms with Crippen LogP contribution in [0.5, 0.6) is 0 Å². The van der Waals surface area contributed by atoms with Gasteiger partial charge in [-0.05, 0) is 48.9 Å². The zero-order chi connectivity index (χ0) is 21.4. The van der Waals surface area contributed by atoms with Crippen molar-refractivity contribution in [1.29, 1.82) is 0 Å². The molecule has 1 amide bonds. The van der Waals surface area contributed by atoms with Crippen LogP contribution in [0, 0.1) is 12.3 Å². The Labute approximate surface area is 168 Å². The Morgan fingerprint density at radius 2 is 1.76 bits per heavy atom. The number of sulfonamides is 1. The summed E-state index contributed by atoms with van der Waals surface area (Å²) in [5, 5.41) is 11.9. The van der Waals surface area contributed by atoms with Crippen molar-refractivity contribution in [2.24, 2.45) is 0 Å². The maximum atomic E-state index is 12.4. The lowest BCUT2D eigenvalue weighted by Gasteiger charge is -2.10. The number of hydrogen-bond acceptors (Lipinski definition) is 6. The van der Waals surface area contributed by atoms with E-state index in [1.54, 1.807) is 6.92 Å². The van der Waals surface area contributed by atoms with Gasteiger partial charge in [0.1, 0.15) is 0 Å². The zero-order valence-corrected chi connectivity index (χ0v) is 16.4. The van der Waals surface area contributed by atoms with Crippen LogP contribution < -0.4 is 10.0 Å². The van der Waals surface area contributed by atoms with Crippen molar-refractivity contribution in [2.45, 2.75) is 17.9 Å². The monoisotopic (exact) mass is 416 g/mol. The van der Waals surface area contributed by atoms with Gasteiger partial charge in [-0.15, -0.1) is 6.42 Å². The van der Waals surface area contributed by atoms with Gasteiger partial charge in [-0.3, -0.25) is 9.52 Å². The Morgan fingerprint density at radius 3 is 2.31 bits per heavy atom. The molecule has 0 radical (unpaired) electrons. The van der Waals surface area contributed by atoms with E-state index in [9.17, 15) is 23.1 Å². The molecule has 0 unspecified atom stereocenters. The number of hydrogen-bond donors (Lipinski definition) is 3. The van der Waals surface area contributed by atoms with Gasteiger partial charge in [0, 0.05) is 5.69 Å². The van der Waals surface area contributed by atoms with E-state index < -0.39 is 34.6 Å². The van der Waals surface area contributed by atoms with Crippen molar-refractivity contribution in [1.82, 2.24) is 5.32 Å². The van der Waals surface area contributed by atoms with E-state index in [2.05, 4.69) is 16.0 Å². The fourth-order valence-corrected chi connectivity index (χ4v) is 3.29. The summed E-state index contributed by atoms with van der Waals surface area (Å²) < 4.78 is 32.1. The van der Waals surface area contributed by atoms with Gasteiger partial charge in [0.2, 0.25) is 0 Å². The summed E-state index contributed by atoms with van der Waals surface area (Å²) in [6, 6.07) is 11.4.